The predicted molar refractivity (Wildman–Crippen MR) is 91.2 cm³/mol. The van der Waals surface area contributed by atoms with Gasteiger partial charge < -0.3 is 0 Å². The van der Waals surface area contributed by atoms with Gasteiger partial charge in [-0.1, -0.05) is 67.1 Å². The molecule has 0 aliphatic heterocycles. The average Bonchev–Trinajstić information content (AvgIpc) is 2.35. The van der Waals surface area contributed by atoms with Gasteiger partial charge in [-0.05, 0) is 60.5 Å². The van der Waals surface area contributed by atoms with Gasteiger partial charge in [-0.25, -0.2) is 0 Å². The summed E-state index contributed by atoms with van der Waals surface area (Å²) in [4.78, 5) is 0. The van der Waals surface area contributed by atoms with E-state index < -0.39 is 0 Å². The van der Waals surface area contributed by atoms with E-state index in [1.165, 1.54) is 31.2 Å². The van der Waals surface area contributed by atoms with Crippen molar-refractivity contribution >= 4 is 22.6 Å². The zero-order valence-electron chi connectivity index (χ0n) is 12.6. The Balaban J connectivity index is 2.12. The first-order valence-electron chi connectivity index (χ1n) is 7.60. The fourth-order valence-electron chi connectivity index (χ4n) is 4.76. The smallest absolute Gasteiger partial charge is 0.0164 e. The van der Waals surface area contributed by atoms with E-state index in [0.29, 0.717) is 10.8 Å². The lowest BCUT2D eigenvalue weighted by Gasteiger charge is -2.56. The van der Waals surface area contributed by atoms with Gasteiger partial charge in [0.2, 0.25) is 0 Å². The Kier molecular flexibility index (Phi) is 3.28. The van der Waals surface area contributed by atoms with Crippen molar-refractivity contribution in [2.45, 2.75) is 62.7 Å². The van der Waals surface area contributed by atoms with Crippen molar-refractivity contribution in [1.29, 1.82) is 0 Å². The molecule has 0 amide bonds. The molecule has 1 aromatic rings. The standard InChI is InChI=1S/C18H25I/c1-12-5-6-13-7-8-15-17(2,3)16(19)9-10-18(15,4)14(13)11-12/h5-6,11,15-16H,7-10H2,1-4H3/t15-,16+,18+/m1/s1. The predicted octanol–water partition coefficient (Wildman–Crippen LogP) is 5.44. The summed E-state index contributed by atoms with van der Waals surface area (Å²) in [6, 6.07) is 7.15. The van der Waals surface area contributed by atoms with Gasteiger partial charge in [-0.15, -0.1) is 0 Å². The molecule has 2 aliphatic rings. The molecule has 104 valence electrons. The molecule has 0 heterocycles. The minimum atomic E-state index is 0.408. The summed E-state index contributed by atoms with van der Waals surface area (Å²) in [5.41, 5.74) is 5.59. The first-order valence-corrected chi connectivity index (χ1v) is 8.84. The summed E-state index contributed by atoms with van der Waals surface area (Å²) in [6.45, 7) is 9.79. The second kappa shape index (κ2) is 4.47. The number of halogens is 1. The molecule has 3 atom stereocenters. The number of aryl methyl sites for hydroxylation is 2. The lowest BCUT2D eigenvalue weighted by atomic mass is 9.50. The Morgan fingerprint density at radius 3 is 2.63 bits per heavy atom. The van der Waals surface area contributed by atoms with Crippen molar-refractivity contribution in [3.63, 3.8) is 0 Å². The van der Waals surface area contributed by atoms with Gasteiger partial charge in [0, 0.05) is 3.92 Å². The van der Waals surface area contributed by atoms with Crippen molar-refractivity contribution in [3.05, 3.63) is 34.9 Å². The van der Waals surface area contributed by atoms with E-state index in [2.05, 4.69) is 68.5 Å². The quantitative estimate of drug-likeness (QED) is 0.423. The summed E-state index contributed by atoms with van der Waals surface area (Å²) in [7, 11) is 0. The molecule has 0 nitrogen and oxygen atoms in total. The van der Waals surface area contributed by atoms with Crippen LogP contribution in [0.5, 0.6) is 0 Å². The molecule has 1 fully saturated rings. The van der Waals surface area contributed by atoms with E-state index in [1.807, 2.05) is 0 Å². The molecule has 1 heteroatoms. The zero-order chi connectivity index (χ0) is 13.8. The minimum absolute atomic E-state index is 0.408. The Hall–Kier alpha value is -0.0500. The third kappa shape index (κ3) is 1.99. The lowest BCUT2D eigenvalue weighted by molar-refractivity contribution is 0.0520. The van der Waals surface area contributed by atoms with Crippen LogP contribution in [0.1, 0.15) is 56.7 Å². The van der Waals surface area contributed by atoms with E-state index in [4.69, 9.17) is 0 Å². The van der Waals surface area contributed by atoms with Gasteiger partial charge in [0.25, 0.3) is 0 Å². The fourth-order valence-corrected chi connectivity index (χ4v) is 5.51. The number of hydrogen-bond acceptors (Lipinski definition) is 0. The molecule has 0 saturated heterocycles. The zero-order valence-corrected chi connectivity index (χ0v) is 14.8. The molecule has 0 spiro atoms. The van der Waals surface area contributed by atoms with Crippen LogP contribution in [-0.4, -0.2) is 3.92 Å². The van der Waals surface area contributed by atoms with Gasteiger partial charge in [0.15, 0.2) is 0 Å². The Bertz CT molecular complexity index is 502. The first-order chi connectivity index (χ1) is 8.85. The minimum Gasteiger partial charge on any atom is -0.0820 e. The Labute approximate surface area is 131 Å². The third-order valence-corrected chi connectivity index (χ3v) is 8.20. The molecule has 19 heavy (non-hydrogen) atoms. The van der Waals surface area contributed by atoms with E-state index in [9.17, 15) is 0 Å². The highest BCUT2D eigenvalue weighted by molar-refractivity contribution is 14.1. The molecule has 1 aromatic carbocycles. The maximum atomic E-state index is 2.70. The van der Waals surface area contributed by atoms with Crippen LogP contribution in [0.3, 0.4) is 0 Å². The van der Waals surface area contributed by atoms with Crippen LogP contribution in [0.25, 0.3) is 0 Å². The maximum absolute atomic E-state index is 2.70. The Morgan fingerprint density at radius 2 is 1.89 bits per heavy atom. The van der Waals surface area contributed by atoms with Crippen LogP contribution in [0.2, 0.25) is 0 Å². The summed E-state index contributed by atoms with van der Waals surface area (Å²) in [5, 5.41) is 0. The van der Waals surface area contributed by atoms with Gasteiger partial charge in [0.05, 0.1) is 0 Å². The lowest BCUT2D eigenvalue weighted by Crippen LogP contribution is -2.52. The number of fused-ring (bicyclic) bond motifs is 3. The molecular formula is C18H25I. The molecular weight excluding hydrogens is 343 g/mol. The van der Waals surface area contributed by atoms with Crippen LogP contribution in [0.4, 0.5) is 0 Å². The van der Waals surface area contributed by atoms with Crippen LogP contribution in [0.15, 0.2) is 18.2 Å². The van der Waals surface area contributed by atoms with E-state index >= 15 is 0 Å². The average molecular weight is 368 g/mol. The molecule has 0 bridgehead atoms. The van der Waals surface area contributed by atoms with E-state index in [1.54, 1.807) is 11.1 Å². The van der Waals surface area contributed by atoms with E-state index in [0.717, 1.165) is 9.84 Å². The van der Waals surface area contributed by atoms with Crippen LogP contribution in [-0.2, 0) is 11.8 Å². The SMILES string of the molecule is Cc1ccc2c(c1)[C@]1(C)CC[C@H](I)C(C)(C)[C@H]1CC2. The second-order valence-corrected chi connectivity index (χ2v) is 9.00. The van der Waals surface area contributed by atoms with Gasteiger partial charge in [-0.3, -0.25) is 0 Å². The highest BCUT2D eigenvalue weighted by atomic mass is 127. The van der Waals surface area contributed by atoms with Crippen molar-refractivity contribution in [2.75, 3.05) is 0 Å². The summed E-state index contributed by atoms with van der Waals surface area (Å²) >= 11 is 2.70. The normalized spacial score (nSPS) is 36.5. The first kappa shape index (κ1) is 13.9. The number of alkyl halides is 1. The molecule has 0 unspecified atom stereocenters. The summed E-state index contributed by atoms with van der Waals surface area (Å²) in [6.07, 6.45) is 5.39. The number of benzene rings is 1. The monoisotopic (exact) mass is 368 g/mol. The molecule has 0 radical (unpaired) electrons. The van der Waals surface area contributed by atoms with E-state index in [-0.39, 0.29) is 0 Å². The van der Waals surface area contributed by atoms with Crippen LogP contribution < -0.4 is 0 Å². The fraction of sp³-hybridized carbons (Fsp3) is 0.667. The topological polar surface area (TPSA) is 0 Å². The largest absolute Gasteiger partial charge is 0.0820 e. The van der Waals surface area contributed by atoms with Gasteiger partial charge in [-0.2, -0.15) is 0 Å². The molecule has 0 N–H and O–H groups in total. The van der Waals surface area contributed by atoms with Crippen molar-refractivity contribution < 1.29 is 0 Å². The number of rotatable bonds is 0. The number of hydrogen-bond donors (Lipinski definition) is 0. The van der Waals surface area contributed by atoms with Crippen LogP contribution in [0, 0.1) is 18.3 Å². The maximum Gasteiger partial charge on any atom is 0.0164 e. The highest BCUT2D eigenvalue weighted by Gasteiger charge is 2.52. The van der Waals surface area contributed by atoms with Crippen molar-refractivity contribution in [1.82, 2.24) is 0 Å². The summed E-state index contributed by atoms with van der Waals surface area (Å²) in [5.74, 6) is 0.838. The molecule has 3 rings (SSSR count). The molecule has 1 saturated carbocycles. The van der Waals surface area contributed by atoms with Crippen LogP contribution >= 0.6 is 22.6 Å². The van der Waals surface area contributed by atoms with Gasteiger partial charge in [0.1, 0.15) is 0 Å². The summed E-state index contributed by atoms with van der Waals surface area (Å²) < 4.78 is 0.828. The van der Waals surface area contributed by atoms with Gasteiger partial charge >= 0.3 is 0 Å². The highest BCUT2D eigenvalue weighted by Crippen LogP contribution is 2.58. The van der Waals surface area contributed by atoms with Crippen molar-refractivity contribution in [3.8, 4) is 0 Å². The Morgan fingerprint density at radius 1 is 1.16 bits per heavy atom. The third-order valence-electron chi connectivity index (χ3n) is 5.97. The second-order valence-electron chi connectivity index (χ2n) is 7.50. The molecule has 2 aliphatic carbocycles. The van der Waals surface area contributed by atoms with Crippen molar-refractivity contribution in [2.24, 2.45) is 11.3 Å². The molecule has 0 aromatic heterocycles.